The van der Waals surface area contributed by atoms with Gasteiger partial charge >= 0.3 is 0 Å². The summed E-state index contributed by atoms with van der Waals surface area (Å²) in [4.78, 5) is 17.7. The van der Waals surface area contributed by atoms with Gasteiger partial charge in [0, 0.05) is 24.2 Å². The molecule has 2 heterocycles. The molecule has 6 heteroatoms. The molecule has 0 aliphatic heterocycles. The Morgan fingerprint density at radius 2 is 2.04 bits per heavy atom. The van der Waals surface area contributed by atoms with Crippen LogP contribution in [0.15, 0.2) is 42.6 Å². The van der Waals surface area contributed by atoms with E-state index in [0.717, 1.165) is 35.1 Å². The van der Waals surface area contributed by atoms with Crippen LogP contribution in [-0.4, -0.2) is 33.3 Å². The van der Waals surface area contributed by atoms with Gasteiger partial charge in [-0.2, -0.15) is 5.10 Å². The van der Waals surface area contributed by atoms with Crippen LogP contribution in [0.2, 0.25) is 0 Å². The van der Waals surface area contributed by atoms with Crippen LogP contribution in [0.25, 0.3) is 22.3 Å². The molecule has 1 atom stereocenters. The quantitative estimate of drug-likeness (QED) is 0.704. The summed E-state index contributed by atoms with van der Waals surface area (Å²) in [6.07, 6.45) is 4.05. The van der Waals surface area contributed by atoms with E-state index in [0.29, 0.717) is 18.0 Å². The van der Waals surface area contributed by atoms with E-state index < -0.39 is 0 Å². The van der Waals surface area contributed by atoms with Gasteiger partial charge < -0.3 is 11.1 Å². The van der Waals surface area contributed by atoms with E-state index in [-0.39, 0.29) is 18.0 Å². The third-order valence-electron chi connectivity index (χ3n) is 5.10. The molecule has 1 amide bonds. The maximum atomic E-state index is 12.9. The van der Waals surface area contributed by atoms with E-state index in [9.17, 15) is 4.79 Å². The highest BCUT2D eigenvalue weighted by atomic mass is 16.1. The fraction of sp³-hybridized carbons (Fsp3) is 0.381. The third-order valence-corrected chi connectivity index (χ3v) is 5.10. The molecular formula is C21H25N5O. The summed E-state index contributed by atoms with van der Waals surface area (Å²) in [7, 11) is 0. The highest BCUT2D eigenvalue weighted by Gasteiger charge is 2.29. The smallest absolute Gasteiger partial charge is 0.252 e. The van der Waals surface area contributed by atoms with E-state index >= 15 is 0 Å². The monoisotopic (exact) mass is 363 g/mol. The number of nitrogens with two attached hydrogens (primary N) is 1. The molecule has 3 N–H and O–H groups in total. The lowest BCUT2D eigenvalue weighted by Crippen LogP contribution is -2.38. The summed E-state index contributed by atoms with van der Waals surface area (Å²) >= 11 is 0. The van der Waals surface area contributed by atoms with Crippen LogP contribution in [0.5, 0.6) is 0 Å². The fourth-order valence-electron chi connectivity index (χ4n) is 3.34. The average molecular weight is 363 g/mol. The number of fused-ring (bicyclic) bond motifs is 1. The van der Waals surface area contributed by atoms with Crippen molar-refractivity contribution in [2.75, 3.05) is 6.54 Å². The van der Waals surface area contributed by atoms with Crippen molar-refractivity contribution in [1.29, 1.82) is 0 Å². The van der Waals surface area contributed by atoms with Crippen LogP contribution in [0.1, 0.15) is 43.1 Å². The third kappa shape index (κ3) is 3.57. The first-order valence-corrected chi connectivity index (χ1v) is 9.52. The van der Waals surface area contributed by atoms with E-state index in [1.54, 1.807) is 6.20 Å². The van der Waals surface area contributed by atoms with Crippen LogP contribution in [0, 0.1) is 5.92 Å². The van der Waals surface area contributed by atoms with Crippen molar-refractivity contribution in [3.05, 3.63) is 48.2 Å². The number of rotatable bonds is 6. The number of nitrogens with zero attached hydrogens (tertiary/aromatic N) is 3. The molecule has 3 aromatic rings. The zero-order valence-electron chi connectivity index (χ0n) is 15.7. The molecule has 0 saturated heterocycles. The molecule has 1 unspecified atom stereocenters. The Balaban J connectivity index is 1.74. The molecule has 1 saturated carbocycles. The van der Waals surface area contributed by atoms with Crippen LogP contribution >= 0.6 is 0 Å². The Bertz CT molecular complexity index is 959. The van der Waals surface area contributed by atoms with Gasteiger partial charge in [0.15, 0.2) is 5.65 Å². The Morgan fingerprint density at radius 1 is 1.30 bits per heavy atom. The number of amides is 1. The molecule has 0 spiro atoms. The molecule has 140 valence electrons. The van der Waals surface area contributed by atoms with E-state index in [2.05, 4.69) is 24.3 Å². The van der Waals surface area contributed by atoms with Gasteiger partial charge in [-0.25, -0.2) is 9.67 Å². The predicted octanol–water partition coefficient (Wildman–Crippen LogP) is 3.15. The second-order valence-corrected chi connectivity index (χ2v) is 7.55. The topological polar surface area (TPSA) is 85.8 Å². The molecule has 6 nitrogen and oxygen atoms in total. The van der Waals surface area contributed by atoms with E-state index in [1.807, 2.05) is 41.1 Å². The number of carbonyl (C=O) groups excluding carboxylic acids is 1. The summed E-state index contributed by atoms with van der Waals surface area (Å²) in [5.74, 6) is 0.422. The SMILES string of the molecule is CC(C)n1ncc2c(C(=O)NCC(N)C3CC3)cc(-c3ccccc3)nc21. The van der Waals surface area contributed by atoms with E-state index in [4.69, 9.17) is 10.7 Å². The number of pyridine rings is 1. The summed E-state index contributed by atoms with van der Waals surface area (Å²) in [5.41, 5.74) is 9.19. The Morgan fingerprint density at radius 3 is 2.70 bits per heavy atom. The summed E-state index contributed by atoms with van der Waals surface area (Å²) in [5, 5.41) is 8.22. The van der Waals surface area contributed by atoms with Gasteiger partial charge in [-0.3, -0.25) is 4.79 Å². The van der Waals surface area contributed by atoms with Crippen molar-refractivity contribution in [2.45, 2.75) is 38.8 Å². The lowest BCUT2D eigenvalue weighted by Gasteiger charge is -2.13. The van der Waals surface area contributed by atoms with Crippen molar-refractivity contribution in [3.63, 3.8) is 0 Å². The minimum absolute atomic E-state index is 0.0262. The lowest BCUT2D eigenvalue weighted by atomic mass is 10.1. The van der Waals surface area contributed by atoms with Gasteiger partial charge in [0.1, 0.15) is 0 Å². The summed E-state index contributed by atoms with van der Waals surface area (Å²) in [6.45, 7) is 4.60. The molecule has 27 heavy (non-hydrogen) atoms. The first kappa shape index (κ1) is 17.7. The number of hydrogen-bond acceptors (Lipinski definition) is 4. The normalized spacial score (nSPS) is 15.3. The zero-order chi connectivity index (χ0) is 19.0. The second-order valence-electron chi connectivity index (χ2n) is 7.55. The minimum atomic E-state index is -0.126. The zero-order valence-corrected chi connectivity index (χ0v) is 15.7. The Hall–Kier alpha value is -2.73. The number of hydrogen-bond donors (Lipinski definition) is 2. The number of nitrogens with one attached hydrogen (secondary N) is 1. The van der Waals surface area contributed by atoms with Gasteiger partial charge in [0.05, 0.1) is 22.8 Å². The maximum absolute atomic E-state index is 12.9. The van der Waals surface area contributed by atoms with Crippen LogP contribution in [0.4, 0.5) is 0 Å². The second kappa shape index (κ2) is 7.12. The van der Waals surface area contributed by atoms with Gasteiger partial charge in [0.2, 0.25) is 0 Å². The average Bonchev–Trinajstić information content (AvgIpc) is 3.44. The van der Waals surface area contributed by atoms with Crippen molar-refractivity contribution in [1.82, 2.24) is 20.1 Å². The largest absolute Gasteiger partial charge is 0.350 e. The molecule has 4 rings (SSSR count). The number of carbonyl (C=O) groups is 1. The first-order valence-electron chi connectivity index (χ1n) is 9.52. The van der Waals surface area contributed by atoms with Gasteiger partial charge in [0.25, 0.3) is 5.91 Å². The first-order chi connectivity index (χ1) is 13.0. The molecule has 1 aliphatic carbocycles. The number of benzene rings is 1. The molecule has 0 bridgehead atoms. The lowest BCUT2D eigenvalue weighted by molar-refractivity contribution is 0.0952. The predicted molar refractivity (Wildman–Crippen MR) is 106 cm³/mol. The molecule has 0 radical (unpaired) electrons. The molecule has 1 fully saturated rings. The highest BCUT2D eigenvalue weighted by Crippen LogP contribution is 2.31. The van der Waals surface area contributed by atoms with Gasteiger partial charge in [-0.05, 0) is 38.7 Å². The van der Waals surface area contributed by atoms with Crippen molar-refractivity contribution in [2.24, 2.45) is 11.7 Å². The molecule has 1 aromatic carbocycles. The van der Waals surface area contributed by atoms with E-state index in [1.165, 1.54) is 0 Å². The van der Waals surface area contributed by atoms with Crippen LogP contribution < -0.4 is 11.1 Å². The molecule has 1 aliphatic rings. The summed E-state index contributed by atoms with van der Waals surface area (Å²) in [6, 6.07) is 11.9. The Labute approximate surface area is 158 Å². The Kier molecular flexibility index (Phi) is 4.66. The number of aromatic nitrogens is 3. The van der Waals surface area contributed by atoms with Crippen molar-refractivity contribution in [3.8, 4) is 11.3 Å². The maximum Gasteiger partial charge on any atom is 0.252 e. The molecule has 2 aromatic heterocycles. The van der Waals surface area contributed by atoms with Crippen molar-refractivity contribution >= 4 is 16.9 Å². The minimum Gasteiger partial charge on any atom is -0.350 e. The standard InChI is InChI=1S/C21H25N5O/c1-13(2)26-20-17(11-24-26)16(21(27)23-12-18(22)14-8-9-14)10-19(25-20)15-6-4-3-5-7-15/h3-7,10-11,13-14,18H,8-9,12,22H2,1-2H3,(H,23,27). The van der Waals surface area contributed by atoms with Gasteiger partial charge in [-0.15, -0.1) is 0 Å². The molecular weight excluding hydrogens is 338 g/mol. The van der Waals surface area contributed by atoms with Crippen LogP contribution in [-0.2, 0) is 0 Å². The van der Waals surface area contributed by atoms with Crippen molar-refractivity contribution < 1.29 is 4.79 Å². The highest BCUT2D eigenvalue weighted by molar-refractivity contribution is 6.06. The summed E-state index contributed by atoms with van der Waals surface area (Å²) < 4.78 is 1.86. The fourth-order valence-corrected chi connectivity index (χ4v) is 3.34. The van der Waals surface area contributed by atoms with Crippen LogP contribution in [0.3, 0.4) is 0 Å². The van der Waals surface area contributed by atoms with Gasteiger partial charge in [-0.1, -0.05) is 30.3 Å².